The molecule has 150 valence electrons. The molecule has 3 rings (SSSR count). The SMILES string of the molecule is C[C@H](N)C(=O)Nc1ccc(-c2cc(-c3ccc(NC(=O)[C@H](C)N)cc3)[nH]n2)cc1. The van der Waals surface area contributed by atoms with Gasteiger partial charge in [0, 0.05) is 16.9 Å². The van der Waals surface area contributed by atoms with E-state index in [4.69, 9.17) is 11.5 Å². The zero-order valence-electron chi connectivity index (χ0n) is 16.3. The van der Waals surface area contributed by atoms with E-state index in [0.717, 1.165) is 22.5 Å². The summed E-state index contributed by atoms with van der Waals surface area (Å²) in [6, 6.07) is 15.6. The molecular weight excluding hydrogens is 368 g/mol. The van der Waals surface area contributed by atoms with Crippen LogP contribution in [0.5, 0.6) is 0 Å². The maximum atomic E-state index is 11.7. The van der Waals surface area contributed by atoms with E-state index >= 15 is 0 Å². The Bertz CT molecular complexity index is 911. The first-order chi connectivity index (χ1) is 13.8. The molecule has 0 aliphatic rings. The molecule has 2 aromatic carbocycles. The lowest BCUT2D eigenvalue weighted by atomic mass is 10.1. The Hall–Kier alpha value is -3.49. The van der Waals surface area contributed by atoms with Crippen LogP contribution in [0, 0.1) is 0 Å². The molecular formula is C21H24N6O2. The number of H-pyrrole nitrogens is 1. The van der Waals surface area contributed by atoms with Crippen molar-refractivity contribution in [3.05, 3.63) is 54.6 Å². The van der Waals surface area contributed by atoms with Gasteiger partial charge in [0.1, 0.15) is 0 Å². The molecule has 0 bridgehead atoms. The number of anilines is 2. The Morgan fingerprint density at radius 1 is 0.828 bits per heavy atom. The van der Waals surface area contributed by atoms with Gasteiger partial charge in [-0.05, 0) is 49.7 Å². The molecule has 0 fully saturated rings. The van der Waals surface area contributed by atoms with E-state index in [1.807, 2.05) is 42.5 Å². The number of nitrogens with one attached hydrogen (secondary N) is 3. The standard InChI is InChI=1S/C21H24N6O2/c1-12(22)20(28)24-16-7-3-14(4-8-16)18-11-19(27-26-18)15-5-9-17(10-6-15)25-21(29)13(2)23/h3-13H,22-23H2,1-2H3,(H,24,28)(H,25,29)(H,26,27)/t12-,13-/m0/s1. The molecule has 29 heavy (non-hydrogen) atoms. The third-order valence-corrected chi connectivity index (χ3v) is 4.32. The van der Waals surface area contributed by atoms with E-state index < -0.39 is 12.1 Å². The Kier molecular flexibility index (Phi) is 6.06. The van der Waals surface area contributed by atoms with Crippen molar-refractivity contribution in [3.8, 4) is 22.5 Å². The number of aromatic amines is 1. The van der Waals surface area contributed by atoms with Crippen molar-refractivity contribution in [2.75, 3.05) is 10.6 Å². The fourth-order valence-electron chi connectivity index (χ4n) is 2.59. The normalized spacial score (nSPS) is 12.8. The summed E-state index contributed by atoms with van der Waals surface area (Å²) in [5.74, 6) is -0.470. The van der Waals surface area contributed by atoms with Crippen molar-refractivity contribution in [2.45, 2.75) is 25.9 Å². The fourth-order valence-corrected chi connectivity index (χ4v) is 2.59. The van der Waals surface area contributed by atoms with Crippen LogP contribution in [0.2, 0.25) is 0 Å². The van der Waals surface area contributed by atoms with Gasteiger partial charge in [-0.25, -0.2) is 0 Å². The van der Waals surface area contributed by atoms with Gasteiger partial charge in [0.15, 0.2) is 0 Å². The number of hydrogen-bond donors (Lipinski definition) is 5. The smallest absolute Gasteiger partial charge is 0.240 e. The Morgan fingerprint density at radius 3 is 1.72 bits per heavy atom. The minimum absolute atomic E-state index is 0.234. The third kappa shape index (κ3) is 5.07. The van der Waals surface area contributed by atoms with Crippen LogP contribution in [0.25, 0.3) is 22.5 Å². The quantitative estimate of drug-likeness (QED) is 0.438. The molecule has 0 saturated heterocycles. The average Bonchev–Trinajstić information content (AvgIpc) is 3.19. The van der Waals surface area contributed by atoms with Crippen LogP contribution in [-0.2, 0) is 9.59 Å². The minimum Gasteiger partial charge on any atom is -0.325 e. The van der Waals surface area contributed by atoms with E-state index in [1.165, 1.54) is 0 Å². The van der Waals surface area contributed by atoms with Gasteiger partial charge in [0.25, 0.3) is 0 Å². The number of amides is 2. The zero-order chi connectivity index (χ0) is 21.0. The molecule has 2 amide bonds. The molecule has 7 N–H and O–H groups in total. The Labute approximate surface area is 168 Å². The summed E-state index contributed by atoms with van der Waals surface area (Å²) in [6.07, 6.45) is 0. The largest absolute Gasteiger partial charge is 0.325 e. The molecule has 8 heteroatoms. The number of aromatic nitrogens is 2. The predicted octanol–water partition coefficient (Wildman–Crippen LogP) is 2.32. The van der Waals surface area contributed by atoms with Crippen molar-refractivity contribution in [3.63, 3.8) is 0 Å². The molecule has 0 aliphatic carbocycles. The summed E-state index contributed by atoms with van der Waals surface area (Å²) < 4.78 is 0. The van der Waals surface area contributed by atoms with Crippen molar-refractivity contribution in [1.29, 1.82) is 0 Å². The Morgan fingerprint density at radius 2 is 1.28 bits per heavy atom. The highest BCUT2D eigenvalue weighted by Gasteiger charge is 2.10. The van der Waals surface area contributed by atoms with Crippen molar-refractivity contribution in [2.24, 2.45) is 11.5 Å². The number of nitrogens with two attached hydrogens (primary N) is 2. The van der Waals surface area contributed by atoms with Gasteiger partial charge in [0.05, 0.1) is 23.5 Å². The van der Waals surface area contributed by atoms with E-state index in [0.29, 0.717) is 11.4 Å². The maximum absolute atomic E-state index is 11.7. The topological polar surface area (TPSA) is 139 Å². The lowest BCUT2D eigenvalue weighted by Gasteiger charge is -2.08. The van der Waals surface area contributed by atoms with Crippen molar-refractivity contribution in [1.82, 2.24) is 10.2 Å². The van der Waals surface area contributed by atoms with Crippen LogP contribution >= 0.6 is 0 Å². The summed E-state index contributed by atoms with van der Waals surface area (Å²) in [6.45, 7) is 3.27. The van der Waals surface area contributed by atoms with Crippen molar-refractivity contribution < 1.29 is 9.59 Å². The van der Waals surface area contributed by atoms with Gasteiger partial charge in [-0.15, -0.1) is 0 Å². The van der Waals surface area contributed by atoms with Crippen LogP contribution in [0.3, 0.4) is 0 Å². The second-order valence-electron chi connectivity index (χ2n) is 6.88. The first-order valence-corrected chi connectivity index (χ1v) is 9.22. The highest BCUT2D eigenvalue weighted by molar-refractivity contribution is 5.95. The third-order valence-electron chi connectivity index (χ3n) is 4.32. The van der Waals surface area contributed by atoms with Gasteiger partial charge < -0.3 is 22.1 Å². The maximum Gasteiger partial charge on any atom is 0.240 e. The number of carbonyl (C=O) groups is 2. The number of rotatable bonds is 6. The number of nitrogens with zero attached hydrogens (tertiary/aromatic N) is 1. The number of carbonyl (C=O) groups excluding carboxylic acids is 2. The second-order valence-corrected chi connectivity index (χ2v) is 6.88. The molecule has 0 aliphatic heterocycles. The van der Waals surface area contributed by atoms with Crippen LogP contribution < -0.4 is 22.1 Å². The van der Waals surface area contributed by atoms with Gasteiger partial charge in [-0.3, -0.25) is 14.7 Å². The van der Waals surface area contributed by atoms with Gasteiger partial charge in [0.2, 0.25) is 11.8 Å². The van der Waals surface area contributed by atoms with Gasteiger partial charge >= 0.3 is 0 Å². The van der Waals surface area contributed by atoms with Gasteiger partial charge in [-0.1, -0.05) is 24.3 Å². The summed E-state index contributed by atoms with van der Waals surface area (Å²) >= 11 is 0. The highest BCUT2D eigenvalue weighted by atomic mass is 16.2. The first kappa shape index (κ1) is 20.2. The molecule has 3 aromatic rings. The lowest BCUT2D eigenvalue weighted by molar-refractivity contribution is -0.117. The molecule has 0 unspecified atom stereocenters. The van der Waals surface area contributed by atoms with Crippen LogP contribution in [0.1, 0.15) is 13.8 Å². The molecule has 1 heterocycles. The average molecular weight is 392 g/mol. The summed E-state index contributed by atoms with van der Waals surface area (Å²) in [4.78, 5) is 23.3. The number of benzene rings is 2. The number of hydrogen-bond acceptors (Lipinski definition) is 5. The molecule has 0 saturated carbocycles. The van der Waals surface area contributed by atoms with Crippen molar-refractivity contribution >= 4 is 23.2 Å². The van der Waals surface area contributed by atoms with Crippen LogP contribution in [-0.4, -0.2) is 34.1 Å². The summed E-state index contributed by atoms with van der Waals surface area (Å²) in [5, 5.41) is 12.9. The van der Waals surface area contributed by atoms with E-state index in [9.17, 15) is 9.59 Å². The highest BCUT2D eigenvalue weighted by Crippen LogP contribution is 2.26. The van der Waals surface area contributed by atoms with E-state index in [2.05, 4.69) is 20.8 Å². The summed E-state index contributed by atoms with van der Waals surface area (Å²) in [5.41, 5.74) is 15.9. The Balaban J connectivity index is 1.70. The first-order valence-electron chi connectivity index (χ1n) is 9.22. The molecule has 0 radical (unpaired) electrons. The predicted molar refractivity (Wildman–Crippen MR) is 114 cm³/mol. The van der Waals surface area contributed by atoms with Crippen LogP contribution in [0.15, 0.2) is 54.6 Å². The van der Waals surface area contributed by atoms with E-state index in [-0.39, 0.29) is 11.8 Å². The molecule has 0 spiro atoms. The minimum atomic E-state index is -0.568. The lowest BCUT2D eigenvalue weighted by Crippen LogP contribution is -2.32. The molecule has 2 atom stereocenters. The molecule has 8 nitrogen and oxygen atoms in total. The summed E-state index contributed by atoms with van der Waals surface area (Å²) in [7, 11) is 0. The van der Waals surface area contributed by atoms with Crippen LogP contribution in [0.4, 0.5) is 11.4 Å². The second kappa shape index (κ2) is 8.68. The van der Waals surface area contributed by atoms with Gasteiger partial charge in [-0.2, -0.15) is 5.10 Å². The zero-order valence-corrected chi connectivity index (χ0v) is 16.3. The molecule has 1 aromatic heterocycles. The fraction of sp³-hybridized carbons (Fsp3) is 0.190. The monoisotopic (exact) mass is 392 g/mol. The van der Waals surface area contributed by atoms with E-state index in [1.54, 1.807) is 26.0 Å².